The van der Waals surface area contributed by atoms with Gasteiger partial charge in [0.2, 0.25) is 5.91 Å². The highest BCUT2D eigenvalue weighted by Gasteiger charge is 2.34. The zero-order valence-electron chi connectivity index (χ0n) is 15.0. The van der Waals surface area contributed by atoms with E-state index in [1.165, 1.54) is 26.2 Å². The number of benzene rings is 1. The van der Waals surface area contributed by atoms with E-state index in [0.29, 0.717) is 40.6 Å². The molecule has 7 heteroatoms. The maximum absolute atomic E-state index is 12.7. The third-order valence-corrected chi connectivity index (χ3v) is 5.02. The van der Waals surface area contributed by atoms with Gasteiger partial charge in [-0.15, -0.1) is 0 Å². The van der Waals surface area contributed by atoms with Gasteiger partial charge in [0.25, 0.3) is 5.91 Å². The van der Waals surface area contributed by atoms with Gasteiger partial charge in [0.15, 0.2) is 0 Å². The van der Waals surface area contributed by atoms with Gasteiger partial charge in [-0.05, 0) is 50.8 Å². The molecule has 1 saturated carbocycles. The summed E-state index contributed by atoms with van der Waals surface area (Å²) in [7, 11) is 0. The molecule has 26 heavy (non-hydrogen) atoms. The Morgan fingerprint density at radius 1 is 1.42 bits per heavy atom. The number of aliphatic hydroxyl groups is 1. The molecule has 1 atom stereocenters. The van der Waals surface area contributed by atoms with Crippen LogP contribution in [0, 0.1) is 12.8 Å². The molecule has 1 heterocycles. The molecule has 0 bridgehead atoms. The molecule has 0 radical (unpaired) electrons. The van der Waals surface area contributed by atoms with Crippen molar-refractivity contribution in [2.24, 2.45) is 11.7 Å². The van der Waals surface area contributed by atoms with E-state index in [0.717, 1.165) is 0 Å². The standard InChI is InChI=1S/C19H24N2O5/c1-11-16(17(23)21-19(2,10-22)18(20)24)14-8-13(6-7-15(14)26-11)25-9-12-4-3-5-12/h6-8,12,22H,3-5,9-10H2,1-2H3,(H2,20,24)(H,21,23). The summed E-state index contributed by atoms with van der Waals surface area (Å²) >= 11 is 0. The topological polar surface area (TPSA) is 115 Å². The quantitative estimate of drug-likeness (QED) is 0.697. The van der Waals surface area contributed by atoms with Gasteiger partial charge in [0.1, 0.15) is 22.6 Å². The first-order valence-electron chi connectivity index (χ1n) is 8.73. The number of carbonyl (C=O) groups is 2. The zero-order valence-corrected chi connectivity index (χ0v) is 15.0. The lowest BCUT2D eigenvalue weighted by atomic mass is 9.86. The minimum atomic E-state index is -1.55. The van der Waals surface area contributed by atoms with Crippen molar-refractivity contribution in [3.63, 3.8) is 0 Å². The number of fused-ring (bicyclic) bond motifs is 1. The largest absolute Gasteiger partial charge is 0.493 e. The first kappa shape index (κ1) is 18.3. The van der Waals surface area contributed by atoms with Crippen molar-refractivity contribution in [3.8, 4) is 5.75 Å². The monoisotopic (exact) mass is 360 g/mol. The Morgan fingerprint density at radius 3 is 2.73 bits per heavy atom. The van der Waals surface area contributed by atoms with Gasteiger partial charge in [-0.2, -0.15) is 0 Å². The summed E-state index contributed by atoms with van der Waals surface area (Å²) in [6.07, 6.45) is 3.63. The predicted octanol–water partition coefficient (Wildman–Crippen LogP) is 1.89. The Hall–Kier alpha value is -2.54. The van der Waals surface area contributed by atoms with Crippen molar-refractivity contribution in [1.82, 2.24) is 5.32 Å². The highest BCUT2D eigenvalue weighted by atomic mass is 16.5. The summed E-state index contributed by atoms with van der Waals surface area (Å²) in [6, 6.07) is 5.33. The third-order valence-electron chi connectivity index (χ3n) is 5.02. The van der Waals surface area contributed by atoms with E-state index in [9.17, 15) is 14.7 Å². The summed E-state index contributed by atoms with van der Waals surface area (Å²) in [5, 5.41) is 12.5. The van der Waals surface area contributed by atoms with Gasteiger partial charge in [-0.1, -0.05) is 6.42 Å². The SMILES string of the molecule is Cc1oc2ccc(OCC3CCC3)cc2c1C(=O)NC(C)(CO)C(N)=O. The molecule has 1 aliphatic carbocycles. The molecule has 4 N–H and O–H groups in total. The van der Waals surface area contributed by atoms with E-state index < -0.39 is 24.0 Å². The number of aliphatic hydroxyl groups excluding tert-OH is 1. The first-order chi connectivity index (χ1) is 12.3. The van der Waals surface area contributed by atoms with Crippen LogP contribution in [-0.2, 0) is 4.79 Å². The molecule has 1 aromatic heterocycles. The molecule has 7 nitrogen and oxygen atoms in total. The predicted molar refractivity (Wildman–Crippen MR) is 95.9 cm³/mol. The fourth-order valence-corrected chi connectivity index (χ4v) is 2.94. The van der Waals surface area contributed by atoms with E-state index in [4.69, 9.17) is 14.9 Å². The Kier molecular flexibility index (Phi) is 4.91. The number of rotatable bonds is 7. The van der Waals surface area contributed by atoms with Gasteiger partial charge in [0, 0.05) is 5.39 Å². The van der Waals surface area contributed by atoms with Crippen LogP contribution < -0.4 is 15.8 Å². The van der Waals surface area contributed by atoms with Crippen LogP contribution in [0.15, 0.2) is 22.6 Å². The van der Waals surface area contributed by atoms with Crippen molar-refractivity contribution in [3.05, 3.63) is 29.5 Å². The van der Waals surface area contributed by atoms with Gasteiger partial charge >= 0.3 is 0 Å². The number of amides is 2. The molecule has 3 rings (SSSR count). The van der Waals surface area contributed by atoms with Crippen LogP contribution in [0.4, 0.5) is 0 Å². The van der Waals surface area contributed by atoms with Crippen LogP contribution in [0.25, 0.3) is 11.0 Å². The molecule has 0 saturated heterocycles. The number of ether oxygens (including phenoxy) is 1. The Morgan fingerprint density at radius 2 is 2.15 bits per heavy atom. The second-order valence-corrected chi connectivity index (χ2v) is 7.11. The fraction of sp³-hybridized carbons (Fsp3) is 0.474. The Labute approximate surface area is 151 Å². The lowest BCUT2D eigenvalue weighted by molar-refractivity contribution is -0.124. The molecular weight excluding hydrogens is 336 g/mol. The average Bonchev–Trinajstić information content (AvgIpc) is 2.88. The number of nitrogens with two attached hydrogens (primary N) is 1. The van der Waals surface area contributed by atoms with E-state index in [-0.39, 0.29) is 0 Å². The van der Waals surface area contributed by atoms with Crippen molar-refractivity contribution < 1.29 is 23.8 Å². The van der Waals surface area contributed by atoms with Crippen LogP contribution in [0.1, 0.15) is 42.3 Å². The smallest absolute Gasteiger partial charge is 0.256 e. The molecule has 2 aromatic rings. The average molecular weight is 360 g/mol. The van der Waals surface area contributed by atoms with E-state index in [1.807, 2.05) is 6.07 Å². The van der Waals surface area contributed by atoms with Gasteiger partial charge in [0.05, 0.1) is 18.8 Å². The second-order valence-electron chi connectivity index (χ2n) is 7.11. The van der Waals surface area contributed by atoms with E-state index >= 15 is 0 Å². The van der Waals surface area contributed by atoms with Gasteiger partial charge in [-0.25, -0.2) is 0 Å². The normalized spacial score (nSPS) is 16.7. The van der Waals surface area contributed by atoms with Crippen molar-refractivity contribution in [2.45, 2.75) is 38.6 Å². The fourth-order valence-electron chi connectivity index (χ4n) is 2.94. The third kappa shape index (κ3) is 3.39. The molecule has 0 aliphatic heterocycles. The molecule has 1 aromatic carbocycles. The number of carbonyl (C=O) groups excluding carboxylic acids is 2. The van der Waals surface area contributed by atoms with Crippen LogP contribution in [0.3, 0.4) is 0 Å². The molecule has 1 aliphatic rings. The van der Waals surface area contributed by atoms with Crippen molar-refractivity contribution in [2.75, 3.05) is 13.2 Å². The van der Waals surface area contributed by atoms with E-state index in [1.54, 1.807) is 19.1 Å². The van der Waals surface area contributed by atoms with Crippen molar-refractivity contribution >= 4 is 22.8 Å². The summed E-state index contributed by atoms with van der Waals surface area (Å²) in [5.74, 6) is 0.328. The molecular formula is C19H24N2O5. The zero-order chi connectivity index (χ0) is 18.9. The summed E-state index contributed by atoms with van der Waals surface area (Å²) < 4.78 is 11.5. The summed E-state index contributed by atoms with van der Waals surface area (Å²) in [5.41, 5.74) is 4.59. The minimum absolute atomic E-state index is 0.301. The molecule has 2 amide bonds. The Bertz CT molecular complexity index is 840. The first-order valence-corrected chi connectivity index (χ1v) is 8.73. The highest BCUT2D eigenvalue weighted by molar-refractivity contribution is 6.09. The number of aryl methyl sites for hydroxylation is 1. The minimum Gasteiger partial charge on any atom is -0.493 e. The van der Waals surface area contributed by atoms with Crippen LogP contribution in [-0.4, -0.2) is 35.7 Å². The van der Waals surface area contributed by atoms with Crippen LogP contribution >= 0.6 is 0 Å². The lowest BCUT2D eigenvalue weighted by Crippen LogP contribution is -2.57. The maximum atomic E-state index is 12.7. The maximum Gasteiger partial charge on any atom is 0.256 e. The summed E-state index contributed by atoms with van der Waals surface area (Å²) in [6.45, 7) is 3.11. The molecule has 0 spiro atoms. The summed E-state index contributed by atoms with van der Waals surface area (Å²) in [4.78, 5) is 24.3. The number of nitrogens with one attached hydrogen (secondary N) is 1. The molecule has 1 fully saturated rings. The second kappa shape index (κ2) is 6.99. The Balaban J connectivity index is 1.87. The van der Waals surface area contributed by atoms with Gasteiger partial charge < -0.3 is 25.3 Å². The number of primary amides is 1. The van der Waals surface area contributed by atoms with E-state index in [2.05, 4.69) is 5.32 Å². The molecule has 140 valence electrons. The number of furan rings is 1. The highest BCUT2D eigenvalue weighted by Crippen LogP contribution is 2.31. The van der Waals surface area contributed by atoms with Crippen molar-refractivity contribution in [1.29, 1.82) is 0 Å². The van der Waals surface area contributed by atoms with Crippen LogP contribution in [0.2, 0.25) is 0 Å². The number of hydrogen-bond acceptors (Lipinski definition) is 5. The van der Waals surface area contributed by atoms with Crippen LogP contribution in [0.5, 0.6) is 5.75 Å². The molecule has 1 unspecified atom stereocenters. The van der Waals surface area contributed by atoms with Gasteiger partial charge in [-0.3, -0.25) is 9.59 Å². The number of hydrogen-bond donors (Lipinski definition) is 3. The lowest BCUT2D eigenvalue weighted by Gasteiger charge is -2.25.